The van der Waals surface area contributed by atoms with Crippen molar-refractivity contribution in [3.05, 3.63) is 45.4 Å². The van der Waals surface area contributed by atoms with Gasteiger partial charge in [0.25, 0.3) is 5.91 Å². The summed E-state index contributed by atoms with van der Waals surface area (Å²) in [5, 5.41) is 5.97. The molecule has 2 aromatic rings. The first-order chi connectivity index (χ1) is 9.63. The van der Waals surface area contributed by atoms with Crippen molar-refractivity contribution in [2.45, 2.75) is 26.8 Å². The van der Waals surface area contributed by atoms with Crippen LogP contribution >= 0.6 is 11.3 Å². The Balaban J connectivity index is 2.04. The van der Waals surface area contributed by atoms with Crippen molar-refractivity contribution in [2.75, 3.05) is 12.4 Å². The zero-order valence-electron chi connectivity index (χ0n) is 12.0. The van der Waals surface area contributed by atoms with Crippen LogP contribution in [0.5, 0.6) is 0 Å². The highest BCUT2D eigenvalue weighted by molar-refractivity contribution is 7.11. The van der Waals surface area contributed by atoms with E-state index >= 15 is 0 Å². The van der Waals surface area contributed by atoms with E-state index in [4.69, 9.17) is 0 Å². The monoisotopic (exact) mass is 289 g/mol. The summed E-state index contributed by atoms with van der Waals surface area (Å²) in [5.41, 5.74) is 2.26. The van der Waals surface area contributed by atoms with Gasteiger partial charge in [0.1, 0.15) is 0 Å². The third-order valence-corrected chi connectivity index (χ3v) is 4.27. The van der Waals surface area contributed by atoms with Crippen LogP contribution in [0.1, 0.15) is 32.7 Å². The van der Waals surface area contributed by atoms with Crippen molar-refractivity contribution < 1.29 is 4.79 Å². The molecule has 0 saturated heterocycles. The summed E-state index contributed by atoms with van der Waals surface area (Å²) >= 11 is 1.74. The number of carbonyl (C=O) groups is 1. The van der Waals surface area contributed by atoms with Crippen molar-refractivity contribution in [3.63, 3.8) is 0 Å². The second kappa shape index (κ2) is 6.52. The third kappa shape index (κ3) is 3.36. The fraction of sp³-hybridized carbons (Fsp3) is 0.333. The van der Waals surface area contributed by atoms with Crippen molar-refractivity contribution in [1.29, 1.82) is 0 Å². The van der Waals surface area contributed by atoms with Gasteiger partial charge in [0.05, 0.1) is 17.8 Å². The molecule has 5 heteroatoms. The van der Waals surface area contributed by atoms with Crippen molar-refractivity contribution in [3.8, 4) is 0 Å². The Hall–Kier alpha value is -1.88. The molecule has 2 N–H and O–H groups in total. The van der Waals surface area contributed by atoms with Gasteiger partial charge in [-0.25, -0.2) is 0 Å². The van der Waals surface area contributed by atoms with Crippen LogP contribution in [0.2, 0.25) is 0 Å². The summed E-state index contributed by atoms with van der Waals surface area (Å²) in [6, 6.07) is 6.05. The number of aromatic nitrogens is 1. The molecule has 2 rings (SSSR count). The normalized spacial score (nSPS) is 10.3. The molecule has 0 unspecified atom stereocenters. The van der Waals surface area contributed by atoms with E-state index in [9.17, 15) is 4.79 Å². The molecule has 0 aliphatic heterocycles. The average molecular weight is 289 g/mol. The zero-order valence-corrected chi connectivity index (χ0v) is 12.8. The fourth-order valence-corrected chi connectivity index (χ4v) is 2.82. The third-order valence-electron chi connectivity index (χ3n) is 3.04. The predicted octanol–water partition coefficient (Wildman–Crippen LogP) is 2.99. The highest BCUT2D eigenvalue weighted by Gasteiger charge is 2.11. The lowest BCUT2D eigenvalue weighted by atomic mass is 10.2. The SMILES string of the molecule is CCc1ccc(CNC(=O)c2cnc(C)cc2NC)s1. The molecule has 0 aliphatic carbocycles. The molecule has 0 saturated carbocycles. The lowest BCUT2D eigenvalue weighted by Gasteiger charge is -2.09. The summed E-state index contributed by atoms with van der Waals surface area (Å²) in [5.74, 6) is -0.103. The van der Waals surface area contributed by atoms with Gasteiger partial charge in [-0.05, 0) is 31.5 Å². The number of thiophene rings is 1. The molecule has 20 heavy (non-hydrogen) atoms. The van der Waals surface area contributed by atoms with Crippen LogP contribution in [0.25, 0.3) is 0 Å². The van der Waals surface area contributed by atoms with Crippen LogP contribution in [0.15, 0.2) is 24.4 Å². The Morgan fingerprint density at radius 3 is 2.75 bits per heavy atom. The van der Waals surface area contributed by atoms with E-state index in [1.807, 2.05) is 13.0 Å². The van der Waals surface area contributed by atoms with Gasteiger partial charge in [-0.1, -0.05) is 6.92 Å². The summed E-state index contributed by atoms with van der Waals surface area (Å²) < 4.78 is 0. The van der Waals surface area contributed by atoms with Crippen molar-refractivity contribution >= 4 is 22.9 Å². The van der Waals surface area contributed by atoms with E-state index in [0.717, 1.165) is 17.8 Å². The smallest absolute Gasteiger partial charge is 0.255 e. The van der Waals surface area contributed by atoms with E-state index in [1.165, 1.54) is 9.75 Å². The second-order valence-corrected chi connectivity index (χ2v) is 5.78. The van der Waals surface area contributed by atoms with Gasteiger partial charge in [-0.3, -0.25) is 9.78 Å². The summed E-state index contributed by atoms with van der Waals surface area (Å²) in [7, 11) is 1.80. The maximum atomic E-state index is 12.2. The minimum absolute atomic E-state index is 0.103. The number of amides is 1. The number of nitrogens with one attached hydrogen (secondary N) is 2. The number of aryl methyl sites for hydroxylation is 2. The summed E-state index contributed by atoms with van der Waals surface area (Å²) in [6.07, 6.45) is 2.65. The van der Waals surface area contributed by atoms with E-state index in [0.29, 0.717) is 12.1 Å². The quantitative estimate of drug-likeness (QED) is 0.889. The number of hydrogen-bond donors (Lipinski definition) is 2. The summed E-state index contributed by atoms with van der Waals surface area (Å²) in [6.45, 7) is 4.59. The number of anilines is 1. The van der Waals surface area contributed by atoms with Gasteiger partial charge >= 0.3 is 0 Å². The molecule has 1 amide bonds. The first-order valence-electron chi connectivity index (χ1n) is 6.64. The molecule has 0 fully saturated rings. The molecule has 0 atom stereocenters. The first kappa shape index (κ1) is 14.5. The largest absolute Gasteiger partial charge is 0.387 e. The lowest BCUT2D eigenvalue weighted by molar-refractivity contribution is 0.0952. The molecule has 0 aromatic carbocycles. The number of hydrogen-bond acceptors (Lipinski definition) is 4. The van der Waals surface area contributed by atoms with Gasteiger partial charge < -0.3 is 10.6 Å². The fourth-order valence-electron chi connectivity index (χ4n) is 1.92. The van der Waals surface area contributed by atoms with Crippen LogP contribution in [0.3, 0.4) is 0 Å². The lowest BCUT2D eigenvalue weighted by Crippen LogP contribution is -2.23. The van der Waals surface area contributed by atoms with Gasteiger partial charge in [-0.15, -0.1) is 11.3 Å². The Labute approximate surface area is 123 Å². The highest BCUT2D eigenvalue weighted by Crippen LogP contribution is 2.18. The van der Waals surface area contributed by atoms with Gasteiger partial charge in [0.2, 0.25) is 0 Å². The molecule has 2 heterocycles. The molecule has 0 radical (unpaired) electrons. The van der Waals surface area contributed by atoms with Crippen LogP contribution in [0.4, 0.5) is 5.69 Å². The highest BCUT2D eigenvalue weighted by atomic mass is 32.1. The molecular formula is C15H19N3OS. The maximum Gasteiger partial charge on any atom is 0.255 e. The molecule has 0 aliphatic rings. The number of pyridine rings is 1. The van der Waals surface area contributed by atoms with Crippen molar-refractivity contribution in [2.24, 2.45) is 0 Å². The number of rotatable bonds is 5. The van der Waals surface area contributed by atoms with Crippen molar-refractivity contribution in [1.82, 2.24) is 10.3 Å². The molecule has 106 valence electrons. The molecule has 4 nitrogen and oxygen atoms in total. The first-order valence-corrected chi connectivity index (χ1v) is 7.46. The maximum absolute atomic E-state index is 12.2. The minimum Gasteiger partial charge on any atom is -0.387 e. The Morgan fingerprint density at radius 2 is 2.10 bits per heavy atom. The van der Waals surface area contributed by atoms with E-state index in [1.54, 1.807) is 24.6 Å². The van der Waals surface area contributed by atoms with Crippen LogP contribution < -0.4 is 10.6 Å². The van der Waals surface area contributed by atoms with E-state index < -0.39 is 0 Å². The topological polar surface area (TPSA) is 54.0 Å². The van der Waals surface area contributed by atoms with E-state index in [-0.39, 0.29) is 5.91 Å². The standard InChI is InChI=1S/C15H19N3OS/c1-4-11-5-6-12(20-11)8-18-15(19)13-9-17-10(2)7-14(13)16-3/h5-7,9H,4,8H2,1-3H3,(H,16,17)(H,18,19). The molecule has 2 aromatic heterocycles. The minimum atomic E-state index is -0.103. The van der Waals surface area contributed by atoms with Gasteiger partial charge in [0.15, 0.2) is 0 Å². The number of carbonyl (C=O) groups excluding carboxylic acids is 1. The van der Waals surface area contributed by atoms with Crippen LogP contribution in [-0.4, -0.2) is 17.9 Å². The number of nitrogens with zero attached hydrogens (tertiary/aromatic N) is 1. The van der Waals surface area contributed by atoms with Crippen LogP contribution in [0, 0.1) is 6.92 Å². The molecule has 0 spiro atoms. The Bertz CT molecular complexity index is 607. The average Bonchev–Trinajstić information content (AvgIpc) is 2.92. The zero-order chi connectivity index (χ0) is 14.5. The van der Waals surface area contributed by atoms with Gasteiger partial charge in [-0.2, -0.15) is 0 Å². The van der Waals surface area contributed by atoms with E-state index in [2.05, 4.69) is 34.7 Å². The molecule has 0 bridgehead atoms. The Morgan fingerprint density at radius 1 is 1.35 bits per heavy atom. The van der Waals surface area contributed by atoms with Crippen LogP contribution in [-0.2, 0) is 13.0 Å². The molecular weight excluding hydrogens is 270 g/mol. The summed E-state index contributed by atoms with van der Waals surface area (Å²) in [4.78, 5) is 18.9. The van der Waals surface area contributed by atoms with Gasteiger partial charge in [0, 0.05) is 28.7 Å². The second-order valence-electron chi connectivity index (χ2n) is 4.53. The predicted molar refractivity (Wildman–Crippen MR) is 83.4 cm³/mol. The Kier molecular flexibility index (Phi) is 4.74.